The Labute approximate surface area is 127 Å². The summed E-state index contributed by atoms with van der Waals surface area (Å²) in [6.45, 7) is 5.72. The second-order valence-corrected chi connectivity index (χ2v) is 5.54. The Morgan fingerprint density at radius 3 is 2.80 bits per heavy atom. The fraction of sp³-hybridized carbons (Fsp3) is 0.625. The number of hydrogen-bond acceptors (Lipinski definition) is 3. The second-order valence-electron chi connectivity index (χ2n) is 5.13. The van der Waals surface area contributed by atoms with Crippen LogP contribution in [0.15, 0.2) is 18.2 Å². The highest BCUT2D eigenvalue weighted by Gasteiger charge is 2.05. The van der Waals surface area contributed by atoms with Crippen LogP contribution in [0, 0.1) is 6.92 Å². The first-order valence-corrected chi connectivity index (χ1v) is 7.77. The summed E-state index contributed by atoms with van der Waals surface area (Å²) >= 11 is 6.05. The van der Waals surface area contributed by atoms with Crippen LogP contribution in [-0.4, -0.2) is 31.0 Å². The van der Waals surface area contributed by atoms with Crippen LogP contribution < -0.4 is 5.32 Å². The number of rotatable bonds is 10. The highest BCUT2D eigenvalue weighted by atomic mass is 35.5. The summed E-state index contributed by atoms with van der Waals surface area (Å²) in [4.78, 5) is 0. The third-order valence-corrected chi connectivity index (χ3v) is 3.57. The lowest BCUT2D eigenvalue weighted by Gasteiger charge is -2.14. The van der Waals surface area contributed by atoms with E-state index in [0.29, 0.717) is 13.2 Å². The van der Waals surface area contributed by atoms with Crippen molar-refractivity contribution in [2.75, 3.05) is 25.1 Å². The van der Waals surface area contributed by atoms with E-state index in [1.54, 1.807) is 0 Å². The number of aliphatic hydroxyl groups is 1. The third-order valence-electron chi connectivity index (χ3n) is 3.17. The van der Waals surface area contributed by atoms with E-state index in [4.69, 9.17) is 16.3 Å². The number of aryl methyl sites for hydroxylation is 1. The number of ether oxygens (including phenoxy) is 1. The molecule has 2 N–H and O–H groups in total. The highest BCUT2D eigenvalue weighted by molar-refractivity contribution is 6.31. The molecule has 0 amide bonds. The van der Waals surface area contributed by atoms with Gasteiger partial charge in [0, 0.05) is 23.9 Å². The lowest BCUT2D eigenvalue weighted by Crippen LogP contribution is -2.25. The van der Waals surface area contributed by atoms with Crippen molar-refractivity contribution < 1.29 is 9.84 Å². The molecule has 0 spiro atoms. The van der Waals surface area contributed by atoms with Crippen molar-refractivity contribution in [2.45, 2.75) is 45.6 Å². The van der Waals surface area contributed by atoms with Gasteiger partial charge in [0.25, 0.3) is 0 Å². The van der Waals surface area contributed by atoms with E-state index in [1.807, 2.05) is 25.1 Å². The van der Waals surface area contributed by atoms with E-state index in [9.17, 15) is 5.11 Å². The van der Waals surface area contributed by atoms with E-state index < -0.39 is 6.10 Å². The van der Waals surface area contributed by atoms with E-state index in [-0.39, 0.29) is 0 Å². The molecule has 1 unspecified atom stereocenters. The molecule has 20 heavy (non-hydrogen) atoms. The Hall–Kier alpha value is -0.770. The maximum atomic E-state index is 9.82. The number of anilines is 1. The molecule has 0 heterocycles. The Morgan fingerprint density at radius 2 is 2.10 bits per heavy atom. The van der Waals surface area contributed by atoms with Gasteiger partial charge in [-0.15, -0.1) is 0 Å². The van der Waals surface area contributed by atoms with Gasteiger partial charge in [-0.05, 0) is 31.0 Å². The molecular weight excluding hydrogens is 274 g/mol. The van der Waals surface area contributed by atoms with Crippen molar-refractivity contribution in [1.82, 2.24) is 0 Å². The lowest BCUT2D eigenvalue weighted by molar-refractivity contribution is 0.0417. The fourth-order valence-electron chi connectivity index (χ4n) is 1.85. The minimum atomic E-state index is -0.499. The van der Waals surface area contributed by atoms with Crippen molar-refractivity contribution in [3.63, 3.8) is 0 Å². The smallest absolute Gasteiger partial charge is 0.0945 e. The Balaban J connectivity index is 2.13. The minimum Gasteiger partial charge on any atom is -0.389 e. The van der Waals surface area contributed by atoms with Gasteiger partial charge in [-0.3, -0.25) is 0 Å². The molecule has 0 aliphatic heterocycles. The zero-order valence-electron chi connectivity index (χ0n) is 12.5. The van der Waals surface area contributed by atoms with Gasteiger partial charge >= 0.3 is 0 Å². The zero-order chi connectivity index (χ0) is 14.8. The quantitative estimate of drug-likeness (QED) is 0.641. The van der Waals surface area contributed by atoms with Crippen LogP contribution in [0.3, 0.4) is 0 Å². The van der Waals surface area contributed by atoms with Crippen LogP contribution in [0.2, 0.25) is 5.02 Å². The number of unbranched alkanes of at least 4 members (excludes halogenated alkanes) is 3. The average Bonchev–Trinajstić information content (AvgIpc) is 2.44. The Morgan fingerprint density at radius 1 is 1.30 bits per heavy atom. The van der Waals surface area contributed by atoms with Crippen molar-refractivity contribution in [3.8, 4) is 0 Å². The number of halogens is 1. The first-order chi connectivity index (χ1) is 9.63. The van der Waals surface area contributed by atoms with Gasteiger partial charge in [-0.2, -0.15) is 0 Å². The molecule has 0 aliphatic rings. The molecule has 114 valence electrons. The van der Waals surface area contributed by atoms with E-state index in [0.717, 1.165) is 29.3 Å². The van der Waals surface area contributed by atoms with Gasteiger partial charge in [0.2, 0.25) is 0 Å². The molecule has 0 radical (unpaired) electrons. The standard InChI is InChI=1S/C16H26ClNO2/c1-3-4-5-6-9-20-12-15(19)11-18-14-8-7-13(2)16(17)10-14/h7-8,10,15,18-19H,3-6,9,11-12H2,1-2H3. The summed E-state index contributed by atoms with van der Waals surface area (Å²) in [7, 11) is 0. The summed E-state index contributed by atoms with van der Waals surface area (Å²) in [5, 5.41) is 13.7. The predicted octanol–water partition coefficient (Wildman–Crippen LogP) is 4.02. The van der Waals surface area contributed by atoms with Crippen LogP contribution in [-0.2, 0) is 4.74 Å². The summed E-state index contributed by atoms with van der Waals surface area (Å²) in [6.07, 6.45) is 4.25. The fourth-order valence-corrected chi connectivity index (χ4v) is 2.03. The Kier molecular flexibility index (Phi) is 8.67. The van der Waals surface area contributed by atoms with E-state index in [2.05, 4.69) is 12.2 Å². The SMILES string of the molecule is CCCCCCOCC(O)CNc1ccc(C)c(Cl)c1. The largest absolute Gasteiger partial charge is 0.389 e. The molecule has 0 saturated heterocycles. The number of aliphatic hydroxyl groups excluding tert-OH is 1. The van der Waals surface area contributed by atoms with Crippen molar-refractivity contribution in [2.24, 2.45) is 0 Å². The first-order valence-electron chi connectivity index (χ1n) is 7.39. The lowest BCUT2D eigenvalue weighted by atomic mass is 10.2. The number of hydrogen-bond donors (Lipinski definition) is 2. The van der Waals surface area contributed by atoms with Gasteiger partial charge < -0.3 is 15.2 Å². The molecule has 0 bridgehead atoms. The predicted molar refractivity (Wildman–Crippen MR) is 85.6 cm³/mol. The highest BCUT2D eigenvalue weighted by Crippen LogP contribution is 2.19. The molecule has 0 aromatic heterocycles. The van der Waals surface area contributed by atoms with Crippen LogP contribution in [0.1, 0.15) is 38.2 Å². The summed E-state index contributed by atoms with van der Waals surface area (Å²) in [5.41, 5.74) is 1.97. The van der Waals surface area contributed by atoms with Gasteiger partial charge in [0.05, 0.1) is 12.7 Å². The summed E-state index contributed by atoms with van der Waals surface area (Å²) in [5.74, 6) is 0. The maximum Gasteiger partial charge on any atom is 0.0945 e. The molecule has 1 rings (SSSR count). The van der Waals surface area contributed by atoms with Crippen LogP contribution in [0.5, 0.6) is 0 Å². The van der Waals surface area contributed by atoms with Crippen LogP contribution in [0.25, 0.3) is 0 Å². The van der Waals surface area contributed by atoms with Gasteiger partial charge in [0.15, 0.2) is 0 Å². The zero-order valence-corrected chi connectivity index (χ0v) is 13.2. The molecular formula is C16H26ClNO2. The maximum absolute atomic E-state index is 9.82. The molecule has 0 fully saturated rings. The first kappa shape index (κ1) is 17.3. The van der Waals surface area contributed by atoms with E-state index >= 15 is 0 Å². The van der Waals surface area contributed by atoms with Crippen molar-refractivity contribution in [1.29, 1.82) is 0 Å². The van der Waals surface area contributed by atoms with Crippen molar-refractivity contribution >= 4 is 17.3 Å². The molecule has 0 saturated carbocycles. The molecule has 1 aromatic rings. The molecule has 1 aromatic carbocycles. The molecule has 0 aliphatic carbocycles. The van der Waals surface area contributed by atoms with Gasteiger partial charge in [0.1, 0.15) is 0 Å². The molecule has 3 nitrogen and oxygen atoms in total. The molecule has 4 heteroatoms. The Bertz CT molecular complexity index is 385. The normalized spacial score (nSPS) is 12.4. The summed E-state index contributed by atoms with van der Waals surface area (Å²) < 4.78 is 5.46. The third kappa shape index (κ3) is 7.13. The monoisotopic (exact) mass is 299 g/mol. The topological polar surface area (TPSA) is 41.5 Å². The number of benzene rings is 1. The number of nitrogens with one attached hydrogen (secondary N) is 1. The van der Waals surface area contributed by atoms with Crippen molar-refractivity contribution in [3.05, 3.63) is 28.8 Å². The van der Waals surface area contributed by atoms with Gasteiger partial charge in [-0.25, -0.2) is 0 Å². The van der Waals surface area contributed by atoms with Gasteiger partial charge in [-0.1, -0.05) is 43.9 Å². The second kappa shape index (κ2) is 10.0. The van der Waals surface area contributed by atoms with Crippen LogP contribution in [0.4, 0.5) is 5.69 Å². The minimum absolute atomic E-state index is 0.374. The van der Waals surface area contributed by atoms with Crippen LogP contribution >= 0.6 is 11.6 Å². The molecule has 1 atom stereocenters. The van der Waals surface area contributed by atoms with E-state index in [1.165, 1.54) is 19.3 Å². The summed E-state index contributed by atoms with van der Waals surface area (Å²) in [6, 6.07) is 5.79. The average molecular weight is 300 g/mol.